The largest absolute Gasteiger partial charge is 0.497 e. The standard InChI is InChI=1S/C18H14O3/c1-11-16(12-7-9-13(21-2)10-8-12)18(20)15-6-4-3-5-14(15)17(11)19/h3-10H,1-2H3. The van der Waals surface area contributed by atoms with Crippen molar-refractivity contribution in [1.29, 1.82) is 0 Å². The fraction of sp³-hybridized carbons (Fsp3) is 0.111. The van der Waals surface area contributed by atoms with Crippen LogP contribution in [-0.4, -0.2) is 18.7 Å². The quantitative estimate of drug-likeness (QED) is 0.843. The molecule has 0 spiro atoms. The Balaban J connectivity index is 2.15. The van der Waals surface area contributed by atoms with E-state index in [1.165, 1.54) is 0 Å². The lowest BCUT2D eigenvalue weighted by molar-refractivity contribution is 0.0992. The summed E-state index contributed by atoms with van der Waals surface area (Å²) >= 11 is 0. The van der Waals surface area contributed by atoms with Crippen LogP contribution in [0.5, 0.6) is 5.75 Å². The van der Waals surface area contributed by atoms with Crippen molar-refractivity contribution < 1.29 is 14.3 Å². The van der Waals surface area contributed by atoms with Gasteiger partial charge in [-0.25, -0.2) is 0 Å². The minimum absolute atomic E-state index is 0.0870. The van der Waals surface area contributed by atoms with Crippen LogP contribution in [0.2, 0.25) is 0 Å². The number of hydrogen-bond donors (Lipinski definition) is 0. The number of carbonyl (C=O) groups excluding carboxylic acids is 2. The SMILES string of the molecule is COc1ccc(C2=C(C)C(=O)c3ccccc3C2=O)cc1. The fourth-order valence-corrected chi connectivity index (χ4v) is 2.60. The van der Waals surface area contributed by atoms with E-state index in [1.807, 2.05) is 0 Å². The molecule has 0 aliphatic heterocycles. The van der Waals surface area contributed by atoms with Gasteiger partial charge < -0.3 is 4.74 Å². The highest BCUT2D eigenvalue weighted by Gasteiger charge is 2.30. The van der Waals surface area contributed by atoms with Gasteiger partial charge in [-0.15, -0.1) is 0 Å². The van der Waals surface area contributed by atoms with E-state index < -0.39 is 0 Å². The molecule has 0 saturated heterocycles. The zero-order valence-electron chi connectivity index (χ0n) is 11.8. The van der Waals surface area contributed by atoms with Crippen molar-refractivity contribution in [3.8, 4) is 5.75 Å². The zero-order chi connectivity index (χ0) is 15.0. The van der Waals surface area contributed by atoms with Gasteiger partial charge in [-0.2, -0.15) is 0 Å². The van der Waals surface area contributed by atoms with Crippen molar-refractivity contribution in [3.63, 3.8) is 0 Å². The average Bonchev–Trinajstić information content (AvgIpc) is 2.53. The van der Waals surface area contributed by atoms with Crippen LogP contribution < -0.4 is 4.74 Å². The van der Waals surface area contributed by atoms with E-state index >= 15 is 0 Å². The molecule has 3 nitrogen and oxygen atoms in total. The Labute approximate surface area is 122 Å². The van der Waals surface area contributed by atoms with Gasteiger partial charge in [0.15, 0.2) is 11.6 Å². The predicted octanol–water partition coefficient (Wildman–Crippen LogP) is 3.55. The summed E-state index contributed by atoms with van der Waals surface area (Å²) in [6.45, 7) is 1.70. The lowest BCUT2D eigenvalue weighted by Crippen LogP contribution is -2.20. The first-order valence-electron chi connectivity index (χ1n) is 6.67. The van der Waals surface area contributed by atoms with Gasteiger partial charge in [-0.3, -0.25) is 9.59 Å². The van der Waals surface area contributed by atoms with Gasteiger partial charge in [0, 0.05) is 22.3 Å². The molecule has 0 fully saturated rings. The molecule has 0 heterocycles. The molecule has 0 atom stereocenters. The monoisotopic (exact) mass is 278 g/mol. The average molecular weight is 278 g/mol. The van der Waals surface area contributed by atoms with Gasteiger partial charge in [-0.05, 0) is 24.6 Å². The Bertz CT molecular complexity index is 767. The molecule has 0 N–H and O–H groups in total. The Morgan fingerprint density at radius 3 is 1.95 bits per heavy atom. The number of rotatable bonds is 2. The van der Waals surface area contributed by atoms with Crippen LogP contribution in [0.15, 0.2) is 54.1 Å². The van der Waals surface area contributed by atoms with Gasteiger partial charge in [0.2, 0.25) is 0 Å². The van der Waals surface area contributed by atoms with Crippen LogP contribution in [0.25, 0.3) is 5.57 Å². The lowest BCUT2D eigenvalue weighted by atomic mass is 9.82. The summed E-state index contributed by atoms with van der Waals surface area (Å²) < 4.78 is 5.12. The maximum atomic E-state index is 12.7. The van der Waals surface area contributed by atoms with Gasteiger partial charge >= 0.3 is 0 Å². The smallest absolute Gasteiger partial charge is 0.194 e. The Kier molecular flexibility index (Phi) is 3.18. The van der Waals surface area contributed by atoms with Crippen LogP contribution in [0.1, 0.15) is 33.2 Å². The number of carbonyl (C=O) groups is 2. The molecule has 0 radical (unpaired) electrons. The predicted molar refractivity (Wildman–Crippen MR) is 80.7 cm³/mol. The number of fused-ring (bicyclic) bond motifs is 1. The highest BCUT2D eigenvalue weighted by Crippen LogP contribution is 2.32. The maximum Gasteiger partial charge on any atom is 0.194 e. The zero-order valence-corrected chi connectivity index (χ0v) is 11.8. The Morgan fingerprint density at radius 2 is 1.38 bits per heavy atom. The normalized spacial score (nSPS) is 14.2. The molecule has 0 saturated carbocycles. The second-order valence-corrected chi connectivity index (χ2v) is 4.93. The molecule has 0 bridgehead atoms. The topological polar surface area (TPSA) is 43.4 Å². The number of methoxy groups -OCH3 is 1. The van der Waals surface area contributed by atoms with Crippen LogP contribution in [0.3, 0.4) is 0 Å². The number of ether oxygens (including phenoxy) is 1. The number of allylic oxidation sites excluding steroid dienone is 2. The second kappa shape index (κ2) is 5.02. The fourth-order valence-electron chi connectivity index (χ4n) is 2.60. The van der Waals surface area contributed by atoms with E-state index in [9.17, 15) is 9.59 Å². The van der Waals surface area contributed by atoms with Gasteiger partial charge in [0.25, 0.3) is 0 Å². The van der Waals surface area contributed by atoms with Gasteiger partial charge in [0.05, 0.1) is 7.11 Å². The summed E-state index contributed by atoms with van der Waals surface area (Å²) in [7, 11) is 1.59. The van der Waals surface area contributed by atoms with Crippen LogP contribution in [-0.2, 0) is 0 Å². The number of hydrogen-bond acceptors (Lipinski definition) is 3. The maximum absolute atomic E-state index is 12.7. The van der Waals surface area contributed by atoms with Crippen molar-refractivity contribution in [2.75, 3.05) is 7.11 Å². The van der Waals surface area contributed by atoms with E-state index in [2.05, 4.69) is 0 Å². The molecule has 2 aromatic rings. The van der Waals surface area contributed by atoms with E-state index in [0.29, 0.717) is 28.0 Å². The van der Waals surface area contributed by atoms with E-state index in [4.69, 9.17) is 4.74 Å². The molecule has 0 unspecified atom stereocenters. The van der Waals surface area contributed by atoms with Crippen molar-refractivity contribution in [2.24, 2.45) is 0 Å². The number of benzene rings is 2. The Hall–Kier alpha value is -2.68. The lowest BCUT2D eigenvalue weighted by Gasteiger charge is -2.19. The van der Waals surface area contributed by atoms with Crippen LogP contribution >= 0.6 is 0 Å². The number of ketones is 2. The van der Waals surface area contributed by atoms with E-state index in [1.54, 1.807) is 62.6 Å². The molecule has 0 aromatic heterocycles. The summed E-state index contributed by atoms with van der Waals surface area (Å²) in [4.78, 5) is 25.1. The minimum Gasteiger partial charge on any atom is -0.497 e. The first kappa shape index (κ1) is 13.3. The molecule has 104 valence electrons. The van der Waals surface area contributed by atoms with Crippen molar-refractivity contribution in [1.82, 2.24) is 0 Å². The van der Waals surface area contributed by atoms with Gasteiger partial charge in [0.1, 0.15) is 5.75 Å². The molecule has 2 aromatic carbocycles. The Morgan fingerprint density at radius 1 is 0.810 bits per heavy atom. The third kappa shape index (κ3) is 2.07. The molecule has 21 heavy (non-hydrogen) atoms. The molecular weight excluding hydrogens is 264 g/mol. The van der Waals surface area contributed by atoms with E-state index in [0.717, 1.165) is 5.56 Å². The van der Waals surface area contributed by atoms with Crippen molar-refractivity contribution in [3.05, 3.63) is 70.8 Å². The summed E-state index contributed by atoms with van der Waals surface area (Å²) in [5.41, 5.74) is 2.66. The molecule has 3 heteroatoms. The third-order valence-corrected chi connectivity index (χ3v) is 3.74. The molecule has 0 amide bonds. The molecule has 3 rings (SSSR count). The minimum atomic E-state index is -0.104. The summed E-state index contributed by atoms with van der Waals surface area (Å²) in [6, 6.07) is 14.1. The van der Waals surface area contributed by atoms with Crippen molar-refractivity contribution in [2.45, 2.75) is 6.92 Å². The molecule has 1 aliphatic carbocycles. The van der Waals surface area contributed by atoms with Crippen LogP contribution in [0.4, 0.5) is 0 Å². The summed E-state index contributed by atoms with van der Waals surface area (Å²) in [5.74, 6) is 0.524. The third-order valence-electron chi connectivity index (χ3n) is 3.74. The number of Topliss-reactive ketones (excluding diaryl/α,β-unsaturated/α-hetero) is 2. The van der Waals surface area contributed by atoms with E-state index in [-0.39, 0.29) is 11.6 Å². The van der Waals surface area contributed by atoms with Crippen LogP contribution in [0, 0.1) is 0 Å². The first-order valence-corrected chi connectivity index (χ1v) is 6.67. The van der Waals surface area contributed by atoms with Gasteiger partial charge in [-0.1, -0.05) is 36.4 Å². The molecular formula is C18H14O3. The highest BCUT2D eigenvalue weighted by molar-refractivity contribution is 6.40. The highest BCUT2D eigenvalue weighted by atomic mass is 16.5. The second-order valence-electron chi connectivity index (χ2n) is 4.93. The summed E-state index contributed by atoms with van der Waals surface area (Å²) in [5, 5.41) is 0. The molecule has 1 aliphatic rings. The summed E-state index contributed by atoms with van der Waals surface area (Å²) in [6.07, 6.45) is 0. The van der Waals surface area contributed by atoms with Crippen molar-refractivity contribution >= 4 is 17.1 Å². The first-order chi connectivity index (χ1) is 10.1.